The second kappa shape index (κ2) is 9.96. The van der Waals surface area contributed by atoms with Crippen LogP contribution in [0.5, 0.6) is 0 Å². The van der Waals surface area contributed by atoms with E-state index in [0.717, 1.165) is 37.7 Å². The highest BCUT2D eigenvalue weighted by molar-refractivity contribution is 5.89. The topological polar surface area (TPSA) is 101 Å². The summed E-state index contributed by atoms with van der Waals surface area (Å²) in [6.07, 6.45) is 3.51. The van der Waals surface area contributed by atoms with Crippen LogP contribution in [0.1, 0.15) is 42.1 Å². The fraction of sp³-hybridized carbons (Fsp3) is 0.480. The molecular formula is C25H28F3N3O5. The number of nitrogens with zero attached hydrogens (tertiary/aromatic N) is 2. The largest absolute Gasteiger partial charge is 0.477 e. The molecule has 2 N–H and O–H groups in total. The van der Waals surface area contributed by atoms with Crippen LogP contribution in [0.3, 0.4) is 0 Å². The van der Waals surface area contributed by atoms with Gasteiger partial charge in [-0.15, -0.1) is 0 Å². The van der Waals surface area contributed by atoms with Crippen molar-refractivity contribution in [2.45, 2.75) is 44.7 Å². The second-order valence-electron chi connectivity index (χ2n) is 9.34. The van der Waals surface area contributed by atoms with Crippen molar-refractivity contribution < 1.29 is 32.9 Å². The van der Waals surface area contributed by atoms with E-state index in [1.165, 1.54) is 18.6 Å². The first-order chi connectivity index (χ1) is 17.1. The fourth-order valence-electron chi connectivity index (χ4n) is 5.68. The molecule has 8 nitrogen and oxygen atoms in total. The number of carboxylic acid groups (broad SMARTS) is 1. The maximum atomic E-state index is 14.9. The Morgan fingerprint density at radius 2 is 1.89 bits per heavy atom. The first-order valence-corrected chi connectivity index (χ1v) is 11.9. The molecule has 4 rings (SSSR count). The first kappa shape index (κ1) is 25.7. The number of benzene rings is 1. The molecule has 194 valence electrons. The van der Waals surface area contributed by atoms with E-state index in [0.29, 0.717) is 17.9 Å². The molecule has 2 aliphatic rings. The Morgan fingerprint density at radius 1 is 1.19 bits per heavy atom. The van der Waals surface area contributed by atoms with E-state index < -0.39 is 29.1 Å². The van der Waals surface area contributed by atoms with Crippen molar-refractivity contribution in [2.75, 3.05) is 25.0 Å². The smallest absolute Gasteiger partial charge is 0.440 e. The van der Waals surface area contributed by atoms with Crippen LogP contribution in [-0.4, -0.2) is 47.8 Å². The number of carboxylic acids is 1. The lowest BCUT2D eigenvalue weighted by atomic mass is 9.78. The molecule has 3 atom stereocenters. The molecular weight excluding hydrogens is 479 g/mol. The summed E-state index contributed by atoms with van der Waals surface area (Å²) in [5, 5.41) is 12.8. The SMILES string of the molecule is CCc1cc(C(=O)O)c(=O)n(C(F)(F)C(=O)OF)c1-c1ccc(N2C[C@H]3CCC[C@@H](NC)[C@H]3C2)cc1. The Labute approximate surface area is 205 Å². The Balaban J connectivity index is 1.77. The van der Waals surface area contributed by atoms with Gasteiger partial charge in [0, 0.05) is 29.3 Å². The quantitative estimate of drug-likeness (QED) is 0.591. The van der Waals surface area contributed by atoms with Crippen molar-refractivity contribution in [1.29, 1.82) is 0 Å². The van der Waals surface area contributed by atoms with Gasteiger partial charge in [-0.25, -0.2) is 19.1 Å². The lowest BCUT2D eigenvalue weighted by Crippen LogP contribution is -2.44. The number of aromatic carboxylic acids is 1. The zero-order chi connectivity index (χ0) is 26.2. The number of anilines is 1. The number of rotatable bonds is 7. The molecule has 0 unspecified atom stereocenters. The molecule has 0 amide bonds. The van der Waals surface area contributed by atoms with Crippen LogP contribution in [0.25, 0.3) is 11.3 Å². The summed E-state index contributed by atoms with van der Waals surface area (Å²) in [6.45, 7) is 3.32. The van der Waals surface area contributed by atoms with E-state index in [9.17, 15) is 32.8 Å². The van der Waals surface area contributed by atoms with Gasteiger partial charge < -0.3 is 15.3 Å². The van der Waals surface area contributed by atoms with E-state index in [-0.39, 0.29) is 27.8 Å². The molecule has 1 aliphatic heterocycles. The average molecular weight is 508 g/mol. The van der Waals surface area contributed by atoms with Gasteiger partial charge in [0.2, 0.25) is 0 Å². The molecule has 36 heavy (non-hydrogen) atoms. The third kappa shape index (κ3) is 4.36. The van der Waals surface area contributed by atoms with Gasteiger partial charge in [-0.2, -0.15) is 8.78 Å². The highest BCUT2D eigenvalue weighted by Gasteiger charge is 2.48. The summed E-state index contributed by atoms with van der Waals surface area (Å²) in [4.78, 5) is 40.9. The summed E-state index contributed by atoms with van der Waals surface area (Å²) >= 11 is 0. The van der Waals surface area contributed by atoms with Crippen LogP contribution in [0.4, 0.5) is 19.0 Å². The normalized spacial score (nSPS) is 21.8. The number of halogens is 3. The fourth-order valence-corrected chi connectivity index (χ4v) is 5.68. The van der Waals surface area contributed by atoms with E-state index >= 15 is 0 Å². The van der Waals surface area contributed by atoms with Crippen molar-refractivity contribution in [1.82, 2.24) is 9.88 Å². The minimum absolute atomic E-state index is 0.0687. The van der Waals surface area contributed by atoms with Crippen molar-refractivity contribution >= 4 is 17.6 Å². The van der Waals surface area contributed by atoms with Crippen molar-refractivity contribution in [3.63, 3.8) is 0 Å². The van der Waals surface area contributed by atoms with Crippen LogP contribution in [-0.2, 0) is 22.2 Å². The summed E-state index contributed by atoms with van der Waals surface area (Å²) < 4.78 is 42.1. The molecule has 0 spiro atoms. The van der Waals surface area contributed by atoms with Gasteiger partial charge in [-0.3, -0.25) is 4.79 Å². The maximum Gasteiger partial charge on any atom is 0.440 e. The molecule has 2 aromatic rings. The van der Waals surface area contributed by atoms with Crippen molar-refractivity contribution in [2.24, 2.45) is 11.8 Å². The average Bonchev–Trinajstić information content (AvgIpc) is 3.32. The van der Waals surface area contributed by atoms with Gasteiger partial charge in [0.15, 0.2) is 0 Å². The van der Waals surface area contributed by atoms with Gasteiger partial charge >= 0.3 is 18.0 Å². The Kier molecular flexibility index (Phi) is 7.12. The highest BCUT2D eigenvalue weighted by atomic mass is 19.3. The lowest BCUT2D eigenvalue weighted by molar-refractivity contribution is -0.226. The minimum atomic E-state index is -4.78. The van der Waals surface area contributed by atoms with E-state index in [2.05, 4.69) is 15.2 Å². The zero-order valence-corrected chi connectivity index (χ0v) is 20.0. The van der Waals surface area contributed by atoms with Crippen LogP contribution >= 0.6 is 0 Å². The van der Waals surface area contributed by atoms with Crippen LogP contribution in [0.2, 0.25) is 0 Å². The first-order valence-electron chi connectivity index (χ1n) is 11.9. The summed E-state index contributed by atoms with van der Waals surface area (Å²) in [5.41, 5.74) is -1.86. The van der Waals surface area contributed by atoms with Crippen molar-refractivity contribution in [3.8, 4) is 11.3 Å². The van der Waals surface area contributed by atoms with Gasteiger partial charge in [0.25, 0.3) is 5.56 Å². The third-order valence-electron chi connectivity index (χ3n) is 7.46. The molecule has 1 aliphatic carbocycles. The van der Waals surface area contributed by atoms with Crippen LogP contribution in [0, 0.1) is 11.8 Å². The standard InChI is InChI=1S/C25H28F3N3O5/c1-3-14-11-18(23(33)34)22(32)31(25(26,27)24(35)36-28)21(14)15-7-9-17(10-8-15)30-12-16-5-4-6-20(29-2)19(16)13-30/h7-11,16,19-20,29H,3-6,12-13H2,1-2H3,(H,33,34)/t16-,19+,20-/m1/s1. The van der Waals surface area contributed by atoms with E-state index in [1.54, 1.807) is 19.1 Å². The number of pyridine rings is 1. The molecule has 0 radical (unpaired) electrons. The number of alkyl halides is 2. The molecule has 1 aromatic heterocycles. The molecule has 1 saturated carbocycles. The summed E-state index contributed by atoms with van der Waals surface area (Å²) in [7, 11) is 1.97. The predicted molar refractivity (Wildman–Crippen MR) is 126 cm³/mol. The van der Waals surface area contributed by atoms with E-state index in [1.807, 2.05) is 7.05 Å². The minimum Gasteiger partial charge on any atom is -0.477 e. The van der Waals surface area contributed by atoms with Crippen molar-refractivity contribution in [3.05, 3.63) is 51.8 Å². The van der Waals surface area contributed by atoms with Gasteiger partial charge in [0.05, 0.1) is 5.69 Å². The molecule has 11 heteroatoms. The number of fused-ring (bicyclic) bond motifs is 1. The highest BCUT2D eigenvalue weighted by Crippen LogP contribution is 2.39. The number of hydrogen-bond acceptors (Lipinski definition) is 6. The molecule has 0 bridgehead atoms. The summed E-state index contributed by atoms with van der Waals surface area (Å²) in [5.74, 6) is -3.30. The van der Waals surface area contributed by atoms with Crippen LogP contribution in [0.15, 0.2) is 35.1 Å². The monoisotopic (exact) mass is 507 g/mol. The zero-order valence-electron chi connectivity index (χ0n) is 20.0. The van der Waals surface area contributed by atoms with Crippen LogP contribution < -0.4 is 15.8 Å². The number of carbonyl (C=O) groups excluding carboxylic acids is 1. The number of nitrogens with one attached hydrogen (secondary N) is 1. The van der Waals surface area contributed by atoms with Gasteiger partial charge in [-0.1, -0.05) is 25.5 Å². The second-order valence-corrected chi connectivity index (χ2v) is 9.34. The Morgan fingerprint density at radius 3 is 2.47 bits per heavy atom. The maximum absolute atomic E-state index is 14.9. The predicted octanol–water partition coefficient (Wildman–Crippen LogP) is 3.58. The third-order valence-corrected chi connectivity index (χ3v) is 7.46. The number of aryl methyl sites for hydroxylation is 1. The number of aromatic nitrogens is 1. The molecule has 1 saturated heterocycles. The number of hydrogen-bond donors (Lipinski definition) is 2. The van der Waals surface area contributed by atoms with Gasteiger partial charge in [0.1, 0.15) is 5.56 Å². The molecule has 2 heterocycles. The number of carbonyl (C=O) groups is 2. The Hall–Kier alpha value is -3.34. The molecule has 1 aromatic carbocycles. The Bertz CT molecular complexity index is 1210. The molecule has 2 fully saturated rings. The summed E-state index contributed by atoms with van der Waals surface area (Å²) in [6, 6.07) is 3.23. The van der Waals surface area contributed by atoms with Gasteiger partial charge in [-0.05, 0) is 67.5 Å². The van der Waals surface area contributed by atoms with E-state index in [4.69, 9.17) is 0 Å². The lowest BCUT2D eigenvalue weighted by Gasteiger charge is -2.32.